The van der Waals surface area contributed by atoms with E-state index in [4.69, 9.17) is 0 Å². The number of carbonyl (C=O) groups excluding carboxylic acids is 1. The number of hydrogen-bond acceptors (Lipinski definition) is 3. The molecule has 0 unspecified atom stereocenters. The van der Waals surface area contributed by atoms with E-state index >= 15 is 0 Å². The molecule has 4 nitrogen and oxygen atoms in total. The lowest BCUT2D eigenvalue weighted by Crippen LogP contribution is -2.26. The maximum Gasteiger partial charge on any atom is 0.255 e. The van der Waals surface area contributed by atoms with Gasteiger partial charge in [0, 0.05) is 24.9 Å². The fraction of sp³-hybridized carbons (Fsp3) is 0.200. The van der Waals surface area contributed by atoms with E-state index in [2.05, 4.69) is 10.3 Å². The topological polar surface area (TPSA) is 62.2 Å². The fourth-order valence-corrected chi connectivity index (χ4v) is 1.79. The van der Waals surface area contributed by atoms with Gasteiger partial charge in [-0.3, -0.25) is 9.78 Å². The maximum atomic E-state index is 11.9. The first-order valence-corrected chi connectivity index (χ1v) is 6.15. The van der Waals surface area contributed by atoms with Crippen LogP contribution in [-0.4, -0.2) is 22.5 Å². The molecular weight excluding hydrogens is 240 g/mol. The quantitative estimate of drug-likeness (QED) is 0.880. The molecule has 0 aliphatic heterocycles. The smallest absolute Gasteiger partial charge is 0.255 e. The van der Waals surface area contributed by atoms with Crippen molar-refractivity contribution in [3.63, 3.8) is 0 Å². The molecule has 0 fully saturated rings. The Morgan fingerprint density at radius 3 is 2.84 bits per heavy atom. The Hall–Kier alpha value is -2.36. The number of amides is 1. The molecule has 0 aliphatic carbocycles. The third-order valence-corrected chi connectivity index (χ3v) is 2.88. The van der Waals surface area contributed by atoms with E-state index in [1.165, 1.54) is 0 Å². The van der Waals surface area contributed by atoms with Crippen LogP contribution in [0.15, 0.2) is 42.6 Å². The summed E-state index contributed by atoms with van der Waals surface area (Å²) < 4.78 is 0. The van der Waals surface area contributed by atoms with Crippen molar-refractivity contribution in [3.8, 4) is 5.75 Å². The van der Waals surface area contributed by atoms with E-state index < -0.39 is 0 Å². The van der Waals surface area contributed by atoms with Crippen LogP contribution in [0.5, 0.6) is 5.75 Å². The molecular formula is C15H16N2O2. The zero-order chi connectivity index (χ0) is 13.7. The summed E-state index contributed by atoms with van der Waals surface area (Å²) in [5.41, 5.74) is 1.93. The van der Waals surface area contributed by atoms with Crippen LogP contribution in [0, 0.1) is 6.92 Å². The number of aryl methyl sites for hydroxylation is 1. The number of phenolic OH excluding ortho intramolecular Hbond substituents is 1. The van der Waals surface area contributed by atoms with E-state index in [1.54, 1.807) is 31.3 Å². The molecule has 1 aromatic heterocycles. The zero-order valence-electron chi connectivity index (χ0n) is 10.8. The van der Waals surface area contributed by atoms with Gasteiger partial charge in [0.1, 0.15) is 5.75 Å². The van der Waals surface area contributed by atoms with Crippen LogP contribution in [0.25, 0.3) is 0 Å². The first-order chi connectivity index (χ1) is 9.18. The number of aromatic nitrogens is 1. The molecule has 98 valence electrons. The van der Waals surface area contributed by atoms with Gasteiger partial charge < -0.3 is 10.4 Å². The Balaban J connectivity index is 1.93. The average molecular weight is 256 g/mol. The van der Waals surface area contributed by atoms with Gasteiger partial charge in [0.15, 0.2) is 0 Å². The average Bonchev–Trinajstić information content (AvgIpc) is 2.43. The minimum absolute atomic E-state index is 0.0397. The molecule has 1 heterocycles. The SMILES string of the molecule is Cc1cccc(C(=O)NCCc2ccccn2)c1O. The van der Waals surface area contributed by atoms with Crippen LogP contribution in [0.1, 0.15) is 21.6 Å². The molecule has 2 rings (SSSR count). The maximum absolute atomic E-state index is 11.9. The van der Waals surface area contributed by atoms with Crippen LogP contribution in [0.4, 0.5) is 0 Å². The molecule has 0 saturated heterocycles. The highest BCUT2D eigenvalue weighted by atomic mass is 16.3. The van der Waals surface area contributed by atoms with Gasteiger partial charge in [-0.25, -0.2) is 0 Å². The minimum Gasteiger partial charge on any atom is -0.507 e. The molecule has 2 aromatic rings. The van der Waals surface area contributed by atoms with Crippen LogP contribution in [-0.2, 0) is 6.42 Å². The summed E-state index contributed by atoms with van der Waals surface area (Å²) in [7, 11) is 0. The van der Waals surface area contributed by atoms with Crippen molar-refractivity contribution in [1.29, 1.82) is 0 Å². The standard InChI is InChI=1S/C15H16N2O2/c1-11-5-4-7-13(14(11)18)15(19)17-10-8-12-6-2-3-9-16-12/h2-7,9,18H,8,10H2,1H3,(H,17,19). The Morgan fingerprint density at radius 1 is 1.26 bits per heavy atom. The Bertz CT molecular complexity index is 568. The van der Waals surface area contributed by atoms with Crippen molar-refractivity contribution < 1.29 is 9.90 Å². The Morgan fingerprint density at radius 2 is 2.11 bits per heavy atom. The minimum atomic E-state index is -0.267. The monoisotopic (exact) mass is 256 g/mol. The van der Waals surface area contributed by atoms with E-state index in [9.17, 15) is 9.90 Å². The normalized spacial score (nSPS) is 10.2. The number of pyridine rings is 1. The van der Waals surface area contributed by atoms with E-state index in [1.807, 2.05) is 18.2 Å². The summed E-state index contributed by atoms with van der Waals surface area (Å²) in [4.78, 5) is 16.1. The summed E-state index contributed by atoms with van der Waals surface area (Å²) in [5.74, 6) is -0.227. The van der Waals surface area contributed by atoms with Crippen LogP contribution < -0.4 is 5.32 Å². The van der Waals surface area contributed by atoms with Crippen molar-refractivity contribution >= 4 is 5.91 Å². The van der Waals surface area contributed by atoms with Gasteiger partial charge in [-0.05, 0) is 30.7 Å². The molecule has 0 bridgehead atoms. The largest absolute Gasteiger partial charge is 0.507 e. The summed E-state index contributed by atoms with van der Waals surface area (Å²) in [6.07, 6.45) is 2.39. The zero-order valence-corrected chi connectivity index (χ0v) is 10.8. The second kappa shape index (κ2) is 6.00. The first-order valence-electron chi connectivity index (χ1n) is 6.15. The second-order valence-corrected chi connectivity index (χ2v) is 4.30. The van der Waals surface area contributed by atoms with Crippen molar-refractivity contribution in [2.45, 2.75) is 13.3 Å². The van der Waals surface area contributed by atoms with Gasteiger partial charge in [0.2, 0.25) is 0 Å². The third-order valence-electron chi connectivity index (χ3n) is 2.88. The van der Waals surface area contributed by atoms with Gasteiger partial charge in [0.05, 0.1) is 5.56 Å². The van der Waals surface area contributed by atoms with Crippen molar-refractivity contribution in [1.82, 2.24) is 10.3 Å². The Labute approximate surface area is 112 Å². The molecule has 2 N–H and O–H groups in total. The highest BCUT2D eigenvalue weighted by Gasteiger charge is 2.11. The van der Waals surface area contributed by atoms with Crippen LogP contribution in [0.2, 0.25) is 0 Å². The van der Waals surface area contributed by atoms with Crippen molar-refractivity contribution in [2.24, 2.45) is 0 Å². The number of hydrogen-bond donors (Lipinski definition) is 2. The first kappa shape index (κ1) is 13.1. The van der Waals surface area contributed by atoms with Gasteiger partial charge in [-0.2, -0.15) is 0 Å². The summed E-state index contributed by atoms with van der Waals surface area (Å²) >= 11 is 0. The lowest BCUT2D eigenvalue weighted by Gasteiger charge is -2.08. The Kier molecular flexibility index (Phi) is 4.13. The lowest BCUT2D eigenvalue weighted by atomic mass is 10.1. The number of para-hydroxylation sites is 1. The molecule has 0 radical (unpaired) electrons. The van der Waals surface area contributed by atoms with Gasteiger partial charge in [-0.1, -0.05) is 18.2 Å². The van der Waals surface area contributed by atoms with Crippen LogP contribution >= 0.6 is 0 Å². The molecule has 0 saturated carbocycles. The summed E-state index contributed by atoms with van der Waals surface area (Å²) in [6.45, 7) is 2.25. The highest BCUT2D eigenvalue weighted by Crippen LogP contribution is 2.20. The van der Waals surface area contributed by atoms with Crippen LogP contribution in [0.3, 0.4) is 0 Å². The second-order valence-electron chi connectivity index (χ2n) is 4.30. The summed E-state index contributed by atoms with van der Waals surface area (Å²) in [6, 6.07) is 10.8. The van der Waals surface area contributed by atoms with Gasteiger partial charge in [-0.15, -0.1) is 0 Å². The van der Waals surface area contributed by atoms with Gasteiger partial charge >= 0.3 is 0 Å². The highest BCUT2D eigenvalue weighted by molar-refractivity contribution is 5.97. The fourth-order valence-electron chi connectivity index (χ4n) is 1.79. The van der Waals surface area contributed by atoms with Crippen molar-refractivity contribution in [3.05, 3.63) is 59.4 Å². The number of phenols is 1. The molecule has 1 amide bonds. The number of benzene rings is 1. The molecule has 0 aliphatic rings. The lowest BCUT2D eigenvalue weighted by molar-refractivity contribution is 0.0951. The molecule has 1 aromatic carbocycles. The van der Waals surface area contributed by atoms with E-state index in [-0.39, 0.29) is 11.7 Å². The summed E-state index contributed by atoms with van der Waals surface area (Å²) in [5, 5.41) is 12.6. The number of aromatic hydroxyl groups is 1. The molecule has 4 heteroatoms. The predicted molar refractivity (Wildman–Crippen MR) is 73.1 cm³/mol. The molecule has 19 heavy (non-hydrogen) atoms. The van der Waals surface area contributed by atoms with Crippen molar-refractivity contribution in [2.75, 3.05) is 6.54 Å². The predicted octanol–water partition coefficient (Wildman–Crippen LogP) is 2.07. The molecule has 0 spiro atoms. The number of nitrogens with zero attached hydrogens (tertiary/aromatic N) is 1. The number of rotatable bonds is 4. The van der Waals surface area contributed by atoms with Gasteiger partial charge in [0.25, 0.3) is 5.91 Å². The molecule has 0 atom stereocenters. The number of nitrogens with one attached hydrogen (secondary N) is 1. The van der Waals surface area contributed by atoms with E-state index in [0.29, 0.717) is 24.1 Å². The number of carbonyl (C=O) groups is 1. The third kappa shape index (κ3) is 3.31. The van der Waals surface area contributed by atoms with E-state index in [0.717, 1.165) is 5.69 Å².